The summed E-state index contributed by atoms with van der Waals surface area (Å²) in [5.74, 6) is 3.23. The van der Waals surface area contributed by atoms with Gasteiger partial charge in [0.1, 0.15) is 23.0 Å². The second-order valence-corrected chi connectivity index (χ2v) is 6.73. The van der Waals surface area contributed by atoms with Crippen LogP contribution in [0.25, 0.3) is 0 Å². The summed E-state index contributed by atoms with van der Waals surface area (Å²) >= 11 is 0. The van der Waals surface area contributed by atoms with E-state index >= 15 is 0 Å². The van der Waals surface area contributed by atoms with Gasteiger partial charge in [-0.2, -0.15) is 0 Å². The third-order valence-electron chi connectivity index (χ3n) is 4.79. The lowest BCUT2D eigenvalue weighted by Gasteiger charge is -2.33. The van der Waals surface area contributed by atoms with Crippen LogP contribution in [0.2, 0.25) is 0 Å². The smallest absolute Gasteiger partial charge is 0.123 e. The van der Waals surface area contributed by atoms with Crippen molar-refractivity contribution in [3.63, 3.8) is 0 Å². The van der Waals surface area contributed by atoms with Gasteiger partial charge in [0.15, 0.2) is 0 Å². The van der Waals surface area contributed by atoms with Crippen LogP contribution >= 0.6 is 0 Å². The van der Waals surface area contributed by atoms with Crippen LogP contribution in [0.5, 0.6) is 23.0 Å². The molecule has 1 aliphatic rings. The van der Waals surface area contributed by atoms with Gasteiger partial charge in [0.25, 0.3) is 0 Å². The molecule has 1 saturated heterocycles. The van der Waals surface area contributed by atoms with E-state index in [0.29, 0.717) is 12.5 Å². The molecule has 5 heteroatoms. The Hall–Kier alpha value is -2.40. The highest BCUT2D eigenvalue weighted by atomic mass is 16.5. The van der Waals surface area contributed by atoms with Gasteiger partial charge in [-0.15, -0.1) is 0 Å². The molecule has 1 fully saturated rings. The van der Waals surface area contributed by atoms with Gasteiger partial charge in [-0.05, 0) is 49.7 Å². The summed E-state index contributed by atoms with van der Waals surface area (Å²) in [5, 5.41) is 9.76. The second kappa shape index (κ2) is 8.81. The highest BCUT2D eigenvalue weighted by Gasteiger charge is 2.21. The number of ether oxygens (including phenoxy) is 3. The van der Waals surface area contributed by atoms with E-state index in [1.54, 1.807) is 26.4 Å². The number of methoxy groups -OCH3 is 2. The van der Waals surface area contributed by atoms with E-state index in [4.69, 9.17) is 14.2 Å². The maximum atomic E-state index is 9.76. The fourth-order valence-electron chi connectivity index (χ4n) is 3.47. The van der Waals surface area contributed by atoms with Gasteiger partial charge < -0.3 is 19.3 Å². The standard InChI is InChI=1S/C21H27NO4/c1-24-19-6-3-7-20(12-19)26-15-16-5-4-10-22(13-16)14-17-11-18(23)8-9-21(17)25-2/h3,6-9,11-12,16,23H,4-5,10,13-15H2,1-2H3/t16-/m0/s1. The molecular weight excluding hydrogens is 330 g/mol. The Labute approximate surface area is 155 Å². The molecule has 3 rings (SSSR count). The van der Waals surface area contributed by atoms with Crippen molar-refractivity contribution in [3.8, 4) is 23.0 Å². The molecule has 0 aromatic heterocycles. The fraction of sp³-hybridized carbons (Fsp3) is 0.429. The van der Waals surface area contributed by atoms with Gasteiger partial charge in [-0.25, -0.2) is 0 Å². The number of nitrogens with zero attached hydrogens (tertiary/aromatic N) is 1. The van der Waals surface area contributed by atoms with Gasteiger partial charge in [-0.3, -0.25) is 4.90 Å². The number of hydrogen-bond donors (Lipinski definition) is 1. The van der Waals surface area contributed by atoms with E-state index in [1.807, 2.05) is 30.3 Å². The molecule has 140 valence electrons. The Morgan fingerprint density at radius 3 is 2.73 bits per heavy atom. The van der Waals surface area contributed by atoms with Crippen molar-refractivity contribution in [1.82, 2.24) is 4.90 Å². The van der Waals surface area contributed by atoms with Crippen molar-refractivity contribution < 1.29 is 19.3 Å². The van der Waals surface area contributed by atoms with Gasteiger partial charge in [-0.1, -0.05) is 6.07 Å². The molecule has 0 radical (unpaired) electrons. The number of aromatic hydroxyl groups is 1. The molecule has 26 heavy (non-hydrogen) atoms. The summed E-state index contributed by atoms with van der Waals surface area (Å²) < 4.78 is 16.6. The van der Waals surface area contributed by atoms with Crippen LogP contribution in [0.3, 0.4) is 0 Å². The molecule has 1 N–H and O–H groups in total. The lowest BCUT2D eigenvalue weighted by atomic mass is 9.98. The van der Waals surface area contributed by atoms with Crippen LogP contribution < -0.4 is 14.2 Å². The van der Waals surface area contributed by atoms with E-state index in [1.165, 1.54) is 0 Å². The number of benzene rings is 2. The topological polar surface area (TPSA) is 51.2 Å². The average Bonchev–Trinajstić information content (AvgIpc) is 2.67. The highest BCUT2D eigenvalue weighted by molar-refractivity contribution is 5.39. The Kier molecular flexibility index (Phi) is 6.23. The SMILES string of the molecule is COc1cccc(OC[C@H]2CCCN(Cc3cc(O)ccc3OC)C2)c1. The van der Waals surface area contributed by atoms with E-state index in [-0.39, 0.29) is 5.75 Å². The molecule has 0 bridgehead atoms. The first kappa shape index (κ1) is 18.4. The molecule has 1 heterocycles. The predicted octanol–water partition coefficient (Wildman–Crippen LogP) is 3.70. The molecule has 0 spiro atoms. The van der Waals surface area contributed by atoms with E-state index in [0.717, 1.165) is 55.3 Å². The minimum atomic E-state index is 0.274. The second-order valence-electron chi connectivity index (χ2n) is 6.73. The van der Waals surface area contributed by atoms with Crippen molar-refractivity contribution in [3.05, 3.63) is 48.0 Å². The van der Waals surface area contributed by atoms with Crippen LogP contribution in [0, 0.1) is 5.92 Å². The van der Waals surface area contributed by atoms with Gasteiger partial charge in [0, 0.05) is 30.6 Å². The van der Waals surface area contributed by atoms with Crippen LogP contribution in [-0.2, 0) is 6.54 Å². The quantitative estimate of drug-likeness (QED) is 0.819. The maximum Gasteiger partial charge on any atom is 0.123 e. The summed E-state index contributed by atoms with van der Waals surface area (Å²) in [7, 11) is 3.32. The normalized spacial score (nSPS) is 17.7. The van der Waals surface area contributed by atoms with Crippen molar-refractivity contribution in [2.45, 2.75) is 19.4 Å². The molecule has 1 aliphatic heterocycles. The van der Waals surface area contributed by atoms with E-state index in [2.05, 4.69) is 4.90 Å². The zero-order valence-corrected chi connectivity index (χ0v) is 15.5. The molecule has 0 saturated carbocycles. The number of rotatable bonds is 7. The molecule has 0 aliphatic carbocycles. The monoisotopic (exact) mass is 357 g/mol. The van der Waals surface area contributed by atoms with Crippen LogP contribution in [0.15, 0.2) is 42.5 Å². The van der Waals surface area contributed by atoms with Crippen molar-refractivity contribution in [2.75, 3.05) is 33.9 Å². The van der Waals surface area contributed by atoms with Crippen LogP contribution in [-0.4, -0.2) is 43.9 Å². The minimum Gasteiger partial charge on any atom is -0.508 e. The Morgan fingerprint density at radius 2 is 1.92 bits per heavy atom. The zero-order valence-electron chi connectivity index (χ0n) is 15.5. The number of phenolic OH excluding ortho intramolecular Hbond substituents is 1. The lowest BCUT2D eigenvalue weighted by Crippen LogP contribution is -2.37. The fourth-order valence-corrected chi connectivity index (χ4v) is 3.47. The number of piperidine rings is 1. The maximum absolute atomic E-state index is 9.76. The third kappa shape index (κ3) is 4.82. The Bertz CT molecular complexity index is 719. The molecule has 1 atom stereocenters. The first-order chi connectivity index (χ1) is 12.7. The summed E-state index contributed by atoms with van der Waals surface area (Å²) in [5.41, 5.74) is 1.02. The largest absolute Gasteiger partial charge is 0.508 e. The highest BCUT2D eigenvalue weighted by Crippen LogP contribution is 2.27. The molecule has 2 aromatic rings. The minimum absolute atomic E-state index is 0.274. The van der Waals surface area contributed by atoms with Gasteiger partial charge >= 0.3 is 0 Å². The number of phenols is 1. The number of likely N-dealkylation sites (tertiary alicyclic amines) is 1. The summed E-state index contributed by atoms with van der Waals surface area (Å²) in [6, 6.07) is 13.0. The molecule has 2 aromatic carbocycles. The van der Waals surface area contributed by atoms with Crippen molar-refractivity contribution >= 4 is 0 Å². The zero-order chi connectivity index (χ0) is 18.4. The van der Waals surface area contributed by atoms with Gasteiger partial charge in [0.05, 0.1) is 20.8 Å². The molecule has 0 amide bonds. The van der Waals surface area contributed by atoms with Gasteiger partial charge in [0.2, 0.25) is 0 Å². The predicted molar refractivity (Wildman–Crippen MR) is 101 cm³/mol. The van der Waals surface area contributed by atoms with Crippen molar-refractivity contribution in [1.29, 1.82) is 0 Å². The Balaban J connectivity index is 1.56. The summed E-state index contributed by atoms with van der Waals surface area (Å²) in [6.45, 7) is 3.49. The summed E-state index contributed by atoms with van der Waals surface area (Å²) in [6.07, 6.45) is 2.31. The third-order valence-corrected chi connectivity index (χ3v) is 4.79. The van der Waals surface area contributed by atoms with Crippen LogP contribution in [0.4, 0.5) is 0 Å². The molecular formula is C21H27NO4. The number of hydrogen-bond acceptors (Lipinski definition) is 5. The van der Waals surface area contributed by atoms with E-state index in [9.17, 15) is 5.11 Å². The van der Waals surface area contributed by atoms with Crippen molar-refractivity contribution in [2.24, 2.45) is 5.92 Å². The first-order valence-electron chi connectivity index (χ1n) is 9.03. The first-order valence-corrected chi connectivity index (χ1v) is 9.03. The average molecular weight is 357 g/mol. The summed E-state index contributed by atoms with van der Waals surface area (Å²) in [4.78, 5) is 2.40. The Morgan fingerprint density at radius 1 is 1.08 bits per heavy atom. The molecule has 5 nitrogen and oxygen atoms in total. The molecule has 0 unspecified atom stereocenters. The van der Waals surface area contributed by atoms with E-state index < -0.39 is 0 Å². The lowest BCUT2D eigenvalue weighted by molar-refractivity contribution is 0.124. The van der Waals surface area contributed by atoms with Crippen LogP contribution in [0.1, 0.15) is 18.4 Å².